The lowest BCUT2D eigenvalue weighted by Gasteiger charge is -2.15. The molecule has 0 unspecified atom stereocenters. The van der Waals surface area contributed by atoms with Crippen LogP contribution in [0, 0.1) is 0 Å². The van der Waals surface area contributed by atoms with Gasteiger partial charge in [-0.1, -0.05) is 11.6 Å². The summed E-state index contributed by atoms with van der Waals surface area (Å²) in [6.07, 6.45) is 0. The van der Waals surface area contributed by atoms with Gasteiger partial charge in [0, 0.05) is 17.1 Å². The maximum atomic E-state index is 12.5. The number of likely N-dealkylation sites (N-methyl/N-ethyl adjacent to an activating group) is 1. The number of nitrogens with one attached hydrogen (secondary N) is 1. The van der Waals surface area contributed by atoms with Crippen molar-refractivity contribution in [2.75, 3.05) is 18.9 Å². The van der Waals surface area contributed by atoms with Crippen molar-refractivity contribution in [2.24, 2.45) is 0 Å². The van der Waals surface area contributed by atoms with Crippen LogP contribution in [0.5, 0.6) is 0 Å². The van der Waals surface area contributed by atoms with Crippen LogP contribution in [0.2, 0.25) is 4.34 Å². The molecule has 2 aromatic rings. The first-order valence-electron chi connectivity index (χ1n) is 7.03. The van der Waals surface area contributed by atoms with E-state index in [0.717, 1.165) is 17.0 Å². The summed E-state index contributed by atoms with van der Waals surface area (Å²) in [7, 11) is -2.87. The van der Waals surface area contributed by atoms with Crippen LogP contribution in [-0.4, -0.2) is 38.6 Å². The molecule has 0 aliphatic heterocycles. The molecule has 25 heavy (non-hydrogen) atoms. The smallest absolute Gasteiger partial charge is 0.325 e. The molecule has 0 fully saturated rings. The fourth-order valence-corrected chi connectivity index (χ4v) is 3.92. The summed E-state index contributed by atoms with van der Waals surface area (Å²) in [4.78, 5) is 14.3. The monoisotopic (exact) mass is 408 g/mol. The number of sulfone groups is 1. The zero-order valence-corrected chi connectivity index (χ0v) is 15.5. The third-order valence-corrected chi connectivity index (χ3v) is 5.78. The predicted molar refractivity (Wildman–Crippen MR) is 93.9 cm³/mol. The van der Waals surface area contributed by atoms with Crippen molar-refractivity contribution in [3.63, 3.8) is 0 Å². The lowest BCUT2D eigenvalue weighted by Crippen LogP contribution is -2.29. The molecular formula is C15H15ClF2N2O3S2. The summed E-state index contributed by atoms with van der Waals surface area (Å²) in [5, 5.41) is 2.59. The molecule has 10 heteroatoms. The number of carbonyl (C=O) groups is 1. The van der Waals surface area contributed by atoms with Gasteiger partial charge in [-0.05, 0) is 43.4 Å². The Kier molecular flexibility index (Phi) is 6.50. The van der Waals surface area contributed by atoms with Crippen LogP contribution >= 0.6 is 22.9 Å². The number of halogens is 3. The first kappa shape index (κ1) is 19.8. The summed E-state index contributed by atoms with van der Waals surface area (Å²) in [5.74, 6) is -3.79. The largest absolute Gasteiger partial charge is 0.341 e. The van der Waals surface area contributed by atoms with Gasteiger partial charge >= 0.3 is 5.76 Å². The Bertz CT molecular complexity index is 839. The van der Waals surface area contributed by atoms with Crippen molar-refractivity contribution in [1.82, 2.24) is 4.90 Å². The molecule has 1 amide bonds. The molecule has 1 aromatic heterocycles. The topological polar surface area (TPSA) is 66.5 Å². The summed E-state index contributed by atoms with van der Waals surface area (Å²) < 4.78 is 48.3. The van der Waals surface area contributed by atoms with Crippen LogP contribution in [0.1, 0.15) is 4.88 Å². The number of amides is 1. The van der Waals surface area contributed by atoms with E-state index in [0.29, 0.717) is 16.6 Å². The first-order chi connectivity index (χ1) is 11.7. The minimum absolute atomic E-state index is 0.104. The number of anilines is 1. The molecule has 1 N–H and O–H groups in total. The zero-order valence-electron chi connectivity index (χ0n) is 13.1. The molecule has 0 radical (unpaired) electrons. The van der Waals surface area contributed by atoms with Crippen molar-refractivity contribution in [2.45, 2.75) is 17.2 Å². The third kappa shape index (κ3) is 5.46. The first-order valence-corrected chi connectivity index (χ1v) is 9.77. The number of hydrogen-bond donors (Lipinski definition) is 1. The predicted octanol–water partition coefficient (Wildman–Crippen LogP) is 3.47. The van der Waals surface area contributed by atoms with E-state index in [-0.39, 0.29) is 12.5 Å². The van der Waals surface area contributed by atoms with Crippen LogP contribution in [0.4, 0.5) is 14.5 Å². The Morgan fingerprint density at radius 1 is 1.24 bits per heavy atom. The number of hydrogen-bond acceptors (Lipinski definition) is 5. The highest BCUT2D eigenvalue weighted by Gasteiger charge is 2.26. The van der Waals surface area contributed by atoms with Crippen molar-refractivity contribution < 1.29 is 22.0 Å². The molecule has 0 spiro atoms. The van der Waals surface area contributed by atoms with Gasteiger partial charge in [0.25, 0.3) is 0 Å². The molecule has 136 valence electrons. The Morgan fingerprint density at radius 3 is 2.40 bits per heavy atom. The Morgan fingerprint density at radius 2 is 1.88 bits per heavy atom. The normalized spacial score (nSPS) is 11.9. The molecule has 1 aromatic carbocycles. The molecule has 0 atom stereocenters. The van der Waals surface area contributed by atoms with E-state index in [9.17, 15) is 22.0 Å². The minimum atomic E-state index is -4.64. The van der Waals surface area contributed by atoms with Gasteiger partial charge in [-0.15, -0.1) is 11.3 Å². The molecule has 0 aliphatic carbocycles. The molecular weight excluding hydrogens is 394 g/mol. The van der Waals surface area contributed by atoms with Crippen molar-refractivity contribution >= 4 is 44.4 Å². The lowest BCUT2D eigenvalue weighted by molar-refractivity contribution is -0.117. The third-order valence-electron chi connectivity index (χ3n) is 3.17. The Labute approximate surface area is 153 Å². The highest BCUT2D eigenvalue weighted by atomic mass is 35.5. The molecule has 0 aliphatic rings. The van der Waals surface area contributed by atoms with Crippen LogP contribution in [0.3, 0.4) is 0 Å². The molecule has 0 saturated carbocycles. The second kappa shape index (κ2) is 8.22. The fourth-order valence-electron chi connectivity index (χ4n) is 2.04. The molecule has 2 rings (SSSR count). The van der Waals surface area contributed by atoms with Gasteiger partial charge in [0.2, 0.25) is 15.7 Å². The SMILES string of the molecule is CN(CC(=O)Nc1ccc(S(=O)(=O)C(F)F)cc1)Cc1ccc(Cl)s1. The molecule has 5 nitrogen and oxygen atoms in total. The van der Waals surface area contributed by atoms with E-state index in [1.54, 1.807) is 18.0 Å². The van der Waals surface area contributed by atoms with E-state index < -0.39 is 20.5 Å². The molecule has 0 saturated heterocycles. The minimum Gasteiger partial charge on any atom is -0.325 e. The number of nitrogens with zero attached hydrogens (tertiary/aromatic N) is 1. The number of carbonyl (C=O) groups excluding carboxylic acids is 1. The van der Waals surface area contributed by atoms with Crippen molar-refractivity contribution in [1.29, 1.82) is 0 Å². The van der Waals surface area contributed by atoms with Gasteiger partial charge in [0.1, 0.15) is 0 Å². The van der Waals surface area contributed by atoms with E-state index in [4.69, 9.17) is 11.6 Å². The summed E-state index contributed by atoms with van der Waals surface area (Å²) >= 11 is 7.28. The van der Waals surface area contributed by atoms with Crippen LogP contribution in [-0.2, 0) is 21.2 Å². The van der Waals surface area contributed by atoms with E-state index in [1.165, 1.54) is 23.5 Å². The quantitative estimate of drug-likeness (QED) is 0.761. The maximum absolute atomic E-state index is 12.5. The second-order valence-corrected chi connectivity index (χ2v) is 8.97. The average molecular weight is 409 g/mol. The van der Waals surface area contributed by atoms with E-state index in [2.05, 4.69) is 5.32 Å². The van der Waals surface area contributed by atoms with Crippen molar-refractivity contribution in [3.8, 4) is 0 Å². The van der Waals surface area contributed by atoms with Crippen LogP contribution < -0.4 is 5.32 Å². The number of rotatable bonds is 7. The maximum Gasteiger partial charge on any atom is 0.341 e. The number of thiophene rings is 1. The van der Waals surface area contributed by atoms with E-state index in [1.807, 2.05) is 6.07 Å². The Hall–Kier alpha value is -1.55. The van der Waals surface area contributed by atoms with Gasteiger partial charge in [0.05, 0.1) is 15.8 Å². The van der Waals surface area contributed by atoms with Gasteiger partial charge in [-0.25, -0.2) is 8.42 Å². The van der Waals surface area contributed by atoms with Gasteiger partial charge in [-0.2, -0.15) is 8.78 Å². The summed E-state index contributed by atoms with van der Waals surface area (Å²) in [6, 6.07) is 8.27. The number of benzene rings is 1. The summed E-state index contributed by atoms with van der Waals surface area (Å²) in [5.41, 5.74) is 0.325. The molecule has 1 heterocycles. The molecule has 0 bridgehead atoms. The summed E-state index contributed by atoms with van der Waals surface area (Å²) in [6.45, 7) is 0.656. The van der Waals surface area contributed by atoms with Gasteiger partial charge in [0.15, 0.2) is 0 Å². The fraction of sp³-hybridized carbons (Fsp3) is 0.267. The van der Waals surface area contributed by atoms with Gasteiger partial charge in [-0.3, -0.25) is 9.69 Å². The Balaban J connectivity index is 1.92. The number of alkyl halides is 2. The van der Waals surface area contributed by atoms with Crippen molar-refractivity contribution in [3.05, 3.63) is 45.6 Å². The van der Waals surface area contributed by atoms with Crippen LogP contribution in [0.25, 0.3) is 0 Å². The lowest BCUT2D eigenvalue weighted by atomic mass is 10.3. The highest BCUT2D eigenvalue weighted by Crippen LogP contribution is 2.22. The second-order valence-electron chi connectivity index (χ2n) is 5.26. The zero-order chi connectivity index (χ0) is 18.6. The van der Waals surface area contributed by atoms with E-state index >= 15 is 0 Å². The standard InChI is InChI=1S/C15H15ClF2N2O3S2/c1-20(8-11-4-7-13(16)24-11)9-14(21)19-10-2-5-12(6-3-10)25(22,23)15(17)18/h2-7,15H,8-9H2,1H3,(H,19,21). The highest BCUT2D eigenvalue weighted by molar-refractivity contribution is 7.91. The van der Waals surface area contributed by atoms with Crippen LogP contribution in [0.15, 0.2) is 41.3 Å². The average Bonchev–Trinajstić information content (AvgIpc) is 2.92. The van der Waals surface area contributed by atoms with Gasteiger partial charge < -0.3 is 5.32 Å².